The first-order valence-corrected chi connectivity index (χ1v) is 12.3. The van der Waals surface area contributed by atoms with E-state index in [4.69, 9.17) is 18.9 Å². The van der Waals surface area contributed by atoms with Gasteiger partial charge in [0, 0.05) is 6.07 Å². The molecule has 0 aromatic heterocycles. The van der Waals surface area contributed by atoms with Crippen molar-refractivity contribution < 1.29 is 32.2 Å². The summed E-state index contributed by atoms with van der Waals surface area (Å²) in [5.74, 6) is 1.68. The number of carbonyl (C=O) groups is 1. The van der Waals surface area contributed by atoms with Gasteiger partial charge in [0.2, 0.25) is 0 Å². The molecule has 0 saturated heterocycles. The number of benzene rings is 3. The number of amides is 1. The highest BCUT2D eigenvalue weighted by atomic mass is 32.2. The second-order valence-corrected chi connectivity index (χ2v) is 9.47. The van der Waals surface area contributed by atoms with Crippen LogP contribution >= 0.6 is 0 Å². The standard InChI is InChI=1S/C25H26N2O7S/c1-31-18-10-12-21(13-11-18)35(29,30)27-17-24(34-23-9-4-3-8-22(23)27)25(28)26-14-15-33-20-7-5-6-19(16-20)32-2/h3-13,16,24H,14-15,17H2,1-2H3,(H,26,28). The molecule has 1 aliphatic heterocycles. The zero-order valence-corrected chi connectivity index (χ0v) is 20.2. The third kappa shape index (κ3) is 5.43. The van der Waals surface area contributed by atoms with Crippen molar-refractivity contribution in [3.05, 3.63) is 72.8 Å². The first kappa shape index (κ1) is 24.2. The molecule has 0 saturated carbocycles. The first-order chi connectivity index (χ1) is 16.9. The summed E-state index contributed by atoms with van der Waals surface area (Å²) in [6.45, 7) is 0.257. The molecule has 0 aliphatic carbocycles. The molecule has 1 unspecified atom stereocenters. The highest BCUT2D eigenvalue weighted by Crippen LogP contribution is 2.37. The van der Waals surface area contributed by atoms with Gasteiger partial charge in [0.05, 0.1) is 37.9 Å². The summed E-state index contributed by atoms with van der Waals surface area (Å²) in [6, 6.07) is 19.9. The molecule has 10 heteroatoms. The van der Waals surface area contributed by atoms with E-state index < -0.39 is 22.0 Å². The predicted molar refractivity (Wildman–Crippen MR) is 130 cm³/mol. The van der Waals surface area contributed by atoms with Gasteiger partial charge in [-0.1, -0.05) is 18.2 Å². The Morgan fingerprint density at radius 2 is 1.69 bits per heavy atom. The molecule has 0 spiro atoms. The number of sulfonamides is 1. The number of ether oxygens (including phenoxy) is 4. The largest absolute Gasteiger partial charge is 0.497 e. The van der Waals surface area contributed by atoms with E-state index in [0.717, 1.165) is 0 Å². The average molecular weight is 499 g/mol. The predicted octanol–water partition coefficient (Wildman–Crippen LogP) is 2.86. The normalized spacial score (nSPS) is 14.9. The van der Waals surface area contributed by atoms with Gasteiger partial charge < -0.3 is 24.3 Å². The third-order valence-corrected chi connectivity index (χ3v) is 7.18. The Bertz CT molecular complexity index is 1280. The van der Waals surface area contributed by atoms with Crippen molar-refractivity contribution in [1.82, 2.24) is 5.32 Å². The highest BCUT2D eigenvalue weighted by molar-refractivity contribution is 7.92. The van der Waals surface area contributed by atoms with Crippen LogP contribution in [0.4, 0.5) is 5.69 Å². The zero-order valence-electron chi connectivity index (χ0n) is 19.3. The van der Waals surface area contributed by atoms with Crippen molar-refractivity contribution in [2.24, 2.45) is 0 Å². The van der Waals surface area contributed by atoms with Gasteiger partial charge in [-0.3, -0.25) is 9.10 Å². The lowest BCUT2D eigenvalue weighted by molar-refractivity contribution is -0.127. The minimum absolute atomic E-state index is 0.0841. The minimum Gasteiger partial charge on any atom is -0.497 e. The molecule has 1 N–H and O–H groups in total. The molecule has 0 bridgehead atoms. The number of rotatable bonds is 9. The van der Waals surface area contributed by atoms with Crippen LogP contribution < -0.4 is 28.6 Å². The molecule has 0 fully saturated rings. The van der Waals surface area contributed by atoms with Crippen LogP contribution in [-0.4, -0.2) is 54.3 Å². The lowest BCUT2D eigenvalue weighted by Gasteiger charge is -2.34. The van der Waals surface area contributed by atoms with Crippen molar-refractivity contribution in [3.63, 3.8) is 0 Å². The number of anilines is 1. The van der Waals surface area contributed by atoms with Gasteiger partial charge in [-0.2, -0.15) is 0 Å². The first-order valence-electron chi connectivity index (χ1n) is 10.9. The van der Waals surface area contributed by atoms with Gasteiger partial charge >= 0.3 is 0 Å². The lowest BCUT2D eigenvalue weighted by Crippen LogP contribution is -2.51. The van der Waals surface area contributed by atoms with Crippen LogP contribution in [0.5, 0.6) is 23.0 Å². The molecule has 184 valence electrons. The number of carbonyl (C=O) groups excluding carboxylic acids is 1. The number of hydrogen-bond donors (Lipinski definition) is 1. The molecule has 1 aliphatic rings. The molecule has 0 radical (unpaired) electrons. The third-order valence-electron chi connectivity index (χ3n) is 5.39. The maximum atomic E-state index is 13.5. The molecule has 3 aromatic carbocycles. The van der Waals surface area contributed by atoms with E-state index in [-0.39, 0.29) is 24.6 Å². The highest BCUT2D eigenvalue weighted by Gasteiger charge is 2.37. The topological polar surface area (TPSA) is 103 Å². The van der Waals surface area contributed by atoms with Crippen molar-refractivity contribution in [2.75, 3.05) is 38.2 Å². The fraction of sp³-hybridized carbons (Fsp3) is 0.240. The second kappa shape index (κ2) is 10.6. The Kier molecular flexibility index (Phi) is 7.31. The maximum Gasteiger partial charge on any atom is 0.264 e. The number of hydrogen-bond acceptors (Lipinski definition) is 7. The fourth-order valence-corrected chi connectivity index (χ4v) is 5.07. The summed E-state index contributed by atoms with van der Waals surface area (Å²) >= 11 is 0. The van der Waals surface area contributed by atoms with Crippen LogP contribution in [0.15, 0.2) is 77.7 Å². The molecule has 1 amide bonds. The zero-order chi connectivity index (χ0) is 24.8. The Hall–Kier alpha value is -3.92. The maximum absolute atomic E-state index is 13.5. The Balaban J connectivity index is 1.45. The monoisotopic (exact) mass is 498 g/mol. The summed E-state index contributed by atoms with van der Waals surface area (Å²) in [7, 11) is -0.878. The van der Waals surface area contributed by atoms with E-state index in [1.165, 1.54) is 23.5 Å². The van der Waals surface area contributed by atoms with Crippen molar-refractivity contribution in [1.29, 1.82) is 0 Å². The summed E-state index contributed by atoms with van der Waals surface area (Å²) in [4.78, 5) is 12.9. The number of nitrogens with zero attached hydrogens (tertiary/aromatic N) is 1. The fourth-order valence-electron chi connectivity index (χ4n) is 3.59. The van der Waals surface area contributed by atoms with Gasteiger partial charge in [0.15, 0.2) is 6.10 Å². The summed E-state index contributed by atoms with van der Waals surface area (Å²) < 4.78 is 49.9. The minimum atomic E-state index is -3.95. The van der Waals surface area contributed by atoms with E-state index in [1.807, 2.05) is 0 Å². The van der Waals surface area contributed by atoms with Crippen molar-refractivity contribution >= 4 is 21.6 Å². The van der Waals surface area contributed by atoms with E-state index in [9.17, 15) is 13.2 Å². The number of nitrogens with one attached hydrogen (secondary N) is 1. The van der Waals surface area contributed by atoms with E-state index in [0.29, 0.717) is 28.7 Å². The SMILES string of the molecule is COc1ccc(S(=O)(=O)N2CC(C(=O)NCCOc3cccc(OC)c3)Oc3ccccc32)cc1. The summed E-state index contributed by atoms with van der Waals surface area (Å²) in [5, 5.41) is 2.75. The molecule has 4 rings (SSSR count). The van der Waals surface area contributed by atoms with E-state index in [1.54, 1.807) is 67.8 Å². The summed E-state index contributed by atoms with van der Waals surface area (Å²) in [5.41, 5.74) is 0.369. The van der Waals surface area contributed by atoms with Gasteiger partial charge in [-0.05, 0) is 48.5 Å². The molecule has 1 heterocycles. The van der Waals surface area contributed by atoms with Crippen molar-refractivity contribution in [3.8, 4) is 23.0 Å². The Labute approximate surface area is 204 Å². The Morgan fingerprint density at radius 3 is 2.43 bits per heavy atom. The smallest absolute Gasteiger partial charge is 0.264 e. The van der Waals surface area contributed by atoms with Gasteiger partial charge in [0.25, 0.3) is 15.9 Å². The van der Waals surface area contributed by atoms with Crippen LogP contribution in [0.3, 0.4) is 0 Å². The van der Waals surface area contributed by atoms with Crippen LogP contribution in [-0.2, 0) is 14.8 Å². The molecule has 1 atom stereocenters. The molecule has 35 heavy (non-hydrogen) atoms. The molecular formula is C25H26N2O7S. The summed E-state index contributed by atoms with van der Waals surface area (Å²) in [6.07, 6.45) is -1.03. The number of para-hydroxylation sites is 2. The van der Waals surface area contributed by atoms with Crippen LogP contribution in [0.25, 0.3) is 0 Å². The number of methoxy groups -OCH3 is 2. The Morgan fingerprint density at radius 1 is 0.971 bits per heavy atom. The number of fused-ring (bicyclic) bond motifs is 1. The van der Waals surface area contributed by atoms with Crippen molar-refractivity contribution in [2.45, 2.75) is 11.0 Å². The van der Waals surface area contributed by atoms with Crippen LogP contribution in [0.2, 0.25) is 0 Å². The van der Waals surface area contributed by atoms with Gasteiger partial charge in [0.1, 0.15) is 29.6 Å². The van der Waals surface area contributed by atoms with Crippen LogP contribution in [0, 0.1) is 0 Å². The molecule has 9 nitrogen and oxygen atoms in total. The van der Waals surface area contributed by atoms with E-state index >= 15 is 0 Å². The van der Waals surface area contributed by atoms with E-state index in [2.05, 4.69) is 5.32 Å². The molecule has 3 aromatic rings. The average Bonchev–Trinajstić information content (AvgIpc) is 2.90. The molecular weight excluding hydrogens is 472 g/mol. The van der Waals surface area contributed by atoms with Gasteiger partial charge in [-0.15, -0.1) is 0 Å². The lowest BCUT2D eigenvalue weighted by atomic mass is 10.2. The second-order valence-electron chi connectivity index (χ2n) is 7.60. The van der Waals surface area contributed by atoms with Crippen LogP contribution in [0.1, 0.15) is 0 Å². The quantitative estimate of drug-likeness (QED) is 0.453. The van der Waals surface area contributed by atoms with Gasteiger partial charge in [-0.25, -0.2) is 8.42 Å².